The molecule has 1 rings (SSSR count). The van der Waals surface area contributed by atoms with E-state index >= 15 is 0 Å². The number of ether oxygens (including phenoxy) is 1. The van der Waals surface area contributed by atoms with Crippen LogP contribution in [0.25, 0.3) is 0 Å². The lowest BCUT2D eigenvalue weighted by Crippen LogP contribution is -2.17. The van der Waals surface area contributed by atoms with Gasteiger partial charge in [-0.3, -0.25) is 0 Å². The van der Waals surface area contributed by atoms with Crippen molar-refractivity contribution in [3.63, 3.8) is 0 Å². The van der Waals surface area contributed by atoms with Gasteiger partial charge >= 0.3 is 0 Å². The molecule has 0 aromatic heterocycles. The average molecular weight is 219 g/mol. The first kappa shape index (κ1) is 12.8. The second-order valence-corrected chi connectivity index (χ2v) is 4.22. The summed E-state index contributed by atoms with van der Waals surface area (Å²) in [5.41, 5.74) is 8.09. The first-order valence-electron chi connectivity index (χ1n) is 5.75. The molecule has 0 radical (unpaired) electrons. The Balaban J connectivity index is 2.48. The summed E-state index contributed by atoms with van der Waals surface area (Å²) in [6, 6.07) is 8.30. The van der Waals surface area contributed by atoms with Gasteiger partial charge in [0.1, 0.15) is 12.4 Å². The Bertz CT molecular complexity index is 327. The highest BCUT2D eigenvalue weighted by Gasteiger charge is 1.99. The van der Waals surface area contributed by atoms with Crippen LogP contribution in [0.15, 0.2) is 36.4 Å². The molecule has 0 aliphatic rings. The van der Waals surface area contributed by atoms with E-state index in [2.05, 4.69) is 25.6 Å². The van der Waals surface area contributed by atoms with Gasteiger partial charge in [0.25, 0.3) is 0 Å². The van der Waals surface area contributed by atoms with Crippen molar-refractivity contribution in [2.75, 3.05) is 6.61 Å². The minimum absolute atomic E-state index is 0.201. The number of hydrogen-bond donors (Lipinski definition) is 1. The monoisotopic (exact) mass is 219 g/mol. The lowest BCUT2D eigenvalue weighted by molar-refractivity contribution is 0.349. The van der Waals surface area contributed by atoms with Crippen LogP contribution >= 0.6 is 0 Å². The van der Waals surface area contributed by atoms with E-state index < -0.39 is 0 Å². The second kappa shape index (κ2) is 6.33. The summed E-state index contributed by atoms with van der Waals surface area (Å²) < 4.78 is 5.59. The topological polar surface area (TPSA) is 35.2 Å². The van der Waals surface area contributed by atoms with Crippen LogP contribution in [0.5, 0.6) is 5.75 Å². The maximum absolute atomic E-state index is 5.74. The minimum Gasteiger partial charge on any atom is -0.489 e. The third-order valence-electron chi connectivity index (χ3n) is 2.42. The molecule has 88 valence electrons. The zero-order valence-electron chi connectivity index (χ0n) is 10.2. The van der Waals surface area contributed by atoms with E-state index in [1.165, 1.54) is 5.56 Å². The van der Waals surface area contributed by atoms with E-state index in [4.69, 9.17) is 10.5 Å². The quantitative estimate of drug-likeness (QED) is 0.747. The zero-order valence-corrected chi connectivity index (χ0v) is 10.2. The molecule has 0 aliphatic heterocycles. The maximum atomic E-state index is 5.74. The van der Waals surface area contributed by atoms with Crippen LogP contribution in [-0.2, 0) is 6.42 Å². The lowest BCUT2D eigenvalue weighted by atomic mass is 10.1. The summed E-state index contributed by atoms with van der Waals surface area (Å²) in [5.74, 6) is 0.892. The standard InChI is InChI=1S/C14H21NO/c1-4-11(2)10-16-14-7-5-13(6-8-14)9-12(3)15/h5-8,12H,2,4,9-10,15H2,1,3H3. The first-order valence-corrected chi connectivity index (χ1v) is 5.75. The SMILES string of the molecule is C=C(CC)COc1ccc(CC(C)N)cc1. The molecule has 0 fully saturated rings. The third-order valence-corrected chi connectivity index (χ3v) is 2.42. The van der Waals surface area contributed by atoms with Crippen LogP contribution in [0.4, 0.5) is 0 Å². The highest BCUT2D eigenvalue weighted by molar-refractivity contribution is 5.28. The van der Waals surface area contributed by atoms with Crippen LogP contribution in [-0.4, -0.2) is 12.6 Å². The van der Waals surface area contributed by atoms with Gasteiger partial charge in [-0.2, -0.15) is 0 Å². The highest BCUT2D eigenvalue weighted by Crippen LogP contribution is 2.14. The largest absolute Gasteiger partial charge is 0.489 e. The molecule has 0 heterocycles. The molecule has 0 bridgehead atoms. The molecule has 1 aromatic rings. The summed E-state index contributed by atoms with van der Waals surface area (Å²) in [4.78, 5) is 0. The Kier molecular flexibility index (Phi) is 5.06. The van der Waals surface area contributed by atoms with E-state index in [0.29, 0.717) is 6.61 Å². The fraction of sp³-hybridized carbons (Fsp3) is 0.429. The molecule has 1 unspecified atom stereocenters. The fourth-order valence-electron chi connectivity index (χ4n) is 1.38. The molecule has 0 spiro atoms. The Labute approximate surface area is 98.1 Å². The molecule has 2 N–H and O–H groups in total. The van der Waals surface area contributed by atoms with Gasteiger partial charge in [0.05, 0.1) is 0 Å². The summed E-state index contributed by atoms with van der Waals surface area (Å²) in [6.45, 7) is 8.59. The van der Waals surface area contributed by atoms with Crippen molar-refractivity contribution in [3.8, 4) is 5.75 Å². The van der Waals surface area contributed by atoms with Crippen molar-refractivity contribution in [1.29, 1.82) is 0 Å². The van der Waals surface area contributed by atoms with E-state index in [-0.39, 0.29) is 6.04 Å². The number of rotatable bonds is 6. The molecule has 0 amide bonds. The maximum Gasteiger partial charge on any atom is 0.119 e. The van der Waals surface area contributed by atoms with E-state index in [0.717, 1.165) is 24.2 Å². The first-order chi connectivity index (χ1) is 7.61. The molecule has 0 aliphatic carbocycles. The highest BCUT2D eigenvalue weighted by atomic mass is 16.5. The van der Waals surface area contributed by atoms with E-state index in [1.54, 1.807) is 0 Å². The summed E-state index contributed by atoms with van der Waals surface area (Å²) in [5, 5.41) is 0. The van der Waals surface area contributed by atoms with Gasteiger partial charge < -0.3 is 10.5 Å². The van der Waals surface area contributed by atoms with Crippen molar-refractivity contribution >= 4 is 0 Å². The van der Waals surface area contributed by atoms with Gasteiger partial charge in [0, 0.05) is 6.04 Å². The van der Waals surface area contributed by atoms with Crippen LogP contribution < -0.4 is 10.5 Å². The van der Waals surface area contributed by atoms with Crippen molar-refractivity contribution in [2.45, 2.75) is 32.7 Å². The van der Waals surface area contributed by atoms with Gasteiger partial charge in [-0.25, -0.2) is 0 Å². The lowest BCUT2D eigenvalue weighted by Gasteiger charge is -2.09. The van der Waals surface area contributed by atoms with Crippen molar-refractivity contribution in [2.24, 2.45) is 5.73 Å². The Hall–Kier alpha value is -1.28. The predicted molar refractivity (Wildman–Crippen MR) is 68.7 cm³/mol. The van der Waals surface area contributed by atoms with E-state index in [1.807, 2.05) is 19.1 Å². The van der Waals surface area contributed by atoms with Crippen LogP contribution in [0.2, 0.25) is 0 Å². The van der Waals surface area contributed by atoms with Crippen molar-refractivity contribution in [1.82, 2.24) is 0 Å². The smallest absolute Gasteiger partial charge is 0.119 e. The summed E-state index contributed by atoms with van der Waals surface area (Å²) in [6.07, 6.45) is 1.87. The molecule has 16 heavy (non-hydrogen) atoms. The number of nitrogens with two attached hydrogens (primary N) is 1. The second-order valence-electron chi connectivity index (χ2n) is 4.22. The Morgan fingerprint density at radius 2 is 2.00 bits per heavy atom. The van der Waals surface area contributed by atoms with Crippen LogP contribution in [0.3, 0.4) is 0 Å². The Morgan fingerprint density at radius 1 is 1.38 bits per heavy atom. The van der Waals surface area contributed by atoms with Crippen LogP contribution in [0.1, 0.15) is 25.8 Å². The number of hydrogen-bond acceptors (Lipinski definition) is 2. The summed E-state index contributed by atoms with van der Waals surface area (Å²) >= 11 is 0. The van der Waals surface area contributed by atoms with Crippen LogP contribution in [0, 0.1) is 0 Å². The average Bonchev–Trinajstić information content (AvgIpc) is 2.27. The molecule has 0 saturated carbocycles. The zero-order chi connectivity index (χ0) is 12.0. The minimum atomic E-state index is 0.201. The van der Waals surface area contributed by atoms with Gasteiger partial charge in [-0.05, 0) is 43.0 Å². The van der Waals surface area contributed by atoms with Crippen molar-refractivity contribution in [3.05, 3.63) is 42.0 Å². The van der Waals surface area contributed by atoms with Gasteiger partial charge in [-0.1, -0.05) is 25.6 Å². The van der Waals surface area contributed by atoms with Gasteiger partial charge in [0.2, 0.25) is 0 Å². The van der Waals surface area contributed by atoms with Crippen molar-refractivity contribution < 1.29 is 4.74 Å². The molecule has 1 atom stereocenters. The molecular weight excluding hydrogens is 198 g/mol. The number of benzene rings is 1. The molecular formula is C14H21NO. The van der Waals surface area contributed by atoms with Gasteiger partial charge in [-0.15, -0.1) is 0 Å². The normalized spacial score (nSPS) is 12.2. The molecule has 0 saturated heterocycles. The van der Waals surface area contributed by atoms with E-state index in [9.17, 15) is 0 Å². The fourth-order valence-corrected chi connectivity index (χ4v) is 1.38. The summed E-state index contributed by atoms with van der Waals surface area (Å²) in [7, 11) is 0. The predicted octanol–water partition coefficient (Wildman–Crippen LogP) is 2.92. The molecule has 2 heteroatoms. The third kappa shape index (κ3) is 4.49. The molecule has 1 aromatic carbocycles. The van der Waals surface area contributed by atoms with Gasteiger partial charge in [0.15, 0.2) is 0 Å². The Morgan fingerprint density at radius 3 is 2.50 bits per heavy atom. The molecule has 2 nitrogen and oxygen atoms in total.